The molecule has 1 atom stereocenters. The summed E-state index contributed by atoms with van der Waals surface area (Å²) in [5.74, 6) is 0.551. The maximum absolute atomic E-state index is 3.29. The SMILES string of the molecule is CC1=CC(C)(C)c2cc3[cH-]c4cc5c(cc4c3cc21)C(C)=CC5(C)C.CC1=[C-]C(C)C=C1C.[Cl-].[Cl-].[Zr+2]=[CH]c1cccc2ccccc12. The van der Waals surface area contributed by atoms with Crippen LogP contribution in [0.25, 0.3) is 43.5 Å². The van der Waals surface area contributed by atoms with Crippen molar-refractivity contribution in [3.8, 4) is 0 Å². The second kappa shape index (κ2) is 14.0. The topological polar surface area (TPSA) is 0 Å². The van der Waals surface area contributed by atoms with E-state index in [1.807, 2.05) is 0 Å². The Labute approximate surface area is 309 Å². The zero-order valence-electron chi connectivity index (χ0n) is 29.1. The van der Waals surface area contributed by atoms with Crippen LogP contribution in [0.5, 0.6) is 0 Å². The van der Waals surface area contributed by atoms with Gasteiger partial charge in [0.05, 0.1) is 0 Å². The van der Waals surface area contributed by atoms with Gasteiger partial charge >= 0.3 is 86.7 Å². The van der Waals surface area contributed by atoms with Crippen molar-refractivity contribution in [2.75, 3.05) is 0 Å². The first-order valence-electron chi connectivity index (χ1n) is 16.2. The van der Waals surface area contributed by atoms with E-state index in [4.69, 9.17) is 0 Å². The molecule has 0 nitrogen and oxygen atoms in total. The van der Waals surface area contributed by atoms with Crippen LogP contribution in [0.4, 0.5) is 0 Å². The molecule has 47 heavy (non-hydrogen) atoms. The van der Waals surface area contributed by atoms with Gasteiger partial charge in [-0.25, -0.2) is 11.1 Å². The van der Waals surface area contributed by atoms with E-state index in [1.54, 1.807) is 0 Å². The first-order chi connectivity index (χ1) is 21.3. The van der Waals surface area contributed by atoms with E-state index in [9.17, 15) is 0 Å². The monoisotopic (exact) mass is 732 g/mol. The average molecular weight is 735 g/mol. The Balaban J connectivity index is 0.000000189. The molecule has 0 amide bonds. The molecule has 240 valence electrons. The normalized spacial score (nSPS) is 17.9. The van der Waals surface area contributed by atoms with Gasteiger partial charge in [-0.1, -0.05) is 82.9 Å². The molecule has 3 heteroatoms. The molecule has 3 aliphatic rings. The molecule has 0 bridgehead atoms. The van der Waals surface area contributed by atoms with E-state index in [1.165, 1.54) is 107 Å². The van der Waals surface area contributed by atoms with Crippen molar-refractivity contribution in [1.82, 2.24) is 0 Å². The molecule has 5 aromatic carbocycles. The Morgan fingerprint density at radius 1 is 0.681 bits per heavy atom. The van der Waals surface area contributed by atoms with Crippen LogP contribution in [0.2, 0.25) is 0 Å². The van der Waals surface area contributed by atoms with Crippen LogP contribution in [0.1, 0.15) is 90.1 Å². The van der Waals surface area contributed by atoms with Crippen molar-refractivity contribution in [3.05, 3.63) is 136 Å². The Bertz CT molecular complexity index is 2010. The third kappa shape index (κ3) is 7.06. The van der Waals surface area contributed by atoms with Crippen molar-refractivity contribution in [3.63, 3.8) is 0 Å². The molecule has 0 heterocycles. The van der Waals surface area contributed by atoms with E-state index in [2.05, 4.69) is 163 Å². The molecular formula is C44H44Cl2Zr-2. The van der Waals surface area contributed by atoms with Crippen LogP contribution < -0.4 is 24.8 Å². The average Bonchev–Trinajstić information content (AvgIpc) is 3.64. The van der Waals surface area contributed by atoms with Gasteiger partial charge in [0.15, 0.2) is 0 Å². The zero-order chi connectivity index (χ0) is 32.3. The number of fused-ring (bicyclic) bond motifs is 6. The first-order valence-corrected chi connectivity index (χ1v) is 17.6. The Morgan fingerprint density at radius 3 is 1.64 bits per heavy atom. The van der Waals surface area contributed by atoms with Crippen LogP contribution >= 0.6 is 0 Å². The summed E-state index contributed by atoms with van der Waals surface area (Å²) >= 11 is 1.46. The molecule has 1 unspecified atom stereocenters. The molecule has 0 N–H and O–H groups in total. The van der Waals surface area contributed by atoms with Crippen molar-refractivity contribution < 1.29 is 49.0 Å². The predicted octanol–water partition coefficient (Wildman–Crippen LogP) is 5.98. The summed E-state index contributed by atoms with van der Waals surface area (Å²) < 4.78 is 2.23. The molecule has 5 aromatic rings. The summed E-state index contributed by atoms with van der Waals surface area (Å²) in [6.07, 6.45) is 10.3. The van der Waals surface area contributed by atoms with Crippen LogP contribution in [0.15, 0.2) is 102 Å². The Hall–Kier alpha value is -2.70. The van der Waals surface area contributed by atoms with Crippen LogP contribution in [-0.4, -0.2) is 3.71 Å². The molecule has 0 fully saturated rings. The molecule has 0 saturated carbocycles. The number of rotatable bonds is 1. The molecule has 3 aliphatic carbocycles. The van der Waals surface area contributed by atoms with Crippen LogP contribution in [0, 0.1) is 12.0 Å². The molecule has 0 aliphatic heterocycles. The first kappa shape index (κ1) is 37.1. The Kier molecular flexibility index (Phi) is 11.1. The third-order valence-corrected chi connectivity index (χ3v) is 10.7. The molecule has 8 rings (SSSR count). The number of benzene rings is 4. The summed E-state index contributed by atoms with van der Waals surface area (Å²) in [5.41, 5.74) is 13.0. The minimum atomic E-state index is 0. The van der Waals surface area contributed by atoms with Gasteiger partial charge in [0.25, 0.3) is 0 Å². The summed E-state index contributed by atoms with van der Waals surface area (Å²) in [5, 5.41) is 8.26. The van der Waals surface area contributed by atoms with E-state index in [0.717, 1.165) is 0 Å². The van der Waals surface area contributed by atoms with Gasteiger partial charge in [-0.05, 0) is 36.1 Å². The second-order valence-electron chi connectivity index (χ2n) is 14.3. The van der Waals surface area contributed by atoms with Crippen molar-refractivity contribution in [2.24, 2.45) is 5.92 Å². The third-order valence-electron chi connectivity index (χ3n) is 9.89. The molecule has 0 radical (unpaired) electrons. The van der Waals surface area contributed by atoms with Gasteiger partial charge in [-0.15, -0.1) is 46.7 Å². The van der Waals surface area contributed by atoms with Gasteiger partial charge in [0.1, 0.15) is 0 Å². The summed E-state index contributed by atoms with van der Waals surface area (Å²) in [4.78, 5) is 0. The zero-order valence-corrected chi connectivity index (χ0v) is 33.0. The second-order valence-corrected chi connectivity index (χ2v) is 15.0. The standard InChI is InChI=1S/C25H25.C11H8.C8H11.2ClH.Zr/c1-14-12-24(3,4)22-8-16-7-17-9-23-19(15(2)13-25(23,5)6)11-21(17)20(16)10-18(14)22;1-9-5-4-7-10-6-2-3-8-11(9)10;1-6-4-7(2)8(3)5-6;;;/h7-13H,1-6H3;1-8H;4,6H,1-3H3;2*1H;/q-1;;-1;;;+2/p-2. The fourth-order valence-electron chi connectivity index (χ4n) is 7.59. The van der Waals surface area contributed by atoms with Crippen LogP contribution in [0.3, 0.4) is 0 Å². The van der Waals surface area contributed by atoms with Gasteiger partial charge in [0, 0.05) is 10.8 Å². The molecule has 0 aromatic heterocycles. The quantitative estimate of drug-likeness (QED) is 0.186. The summed E-state index contributed by atoms with van der Waals surface area (Å²) in [6, 6.07) is 27.0. The molecule has 0 saturated heterocycles. The van der Waals surface area contributed by atoms with E-state index >= 15 is 0 Å². The number of allylic oxidation sites excluding steroid dienone is 8. The van der Waals surface area contributed by atoms with Crippen LogP contribution in [-0.2, 0) is 35.1 Å². The predicted molar refractivity (Wildman–Crippen MR) is 195 cm³/mol. The number of hydrogen-bond donors (Lipinski definition) is 0. The van der Waals surface area contributed by atoms with Crippen molar-refractivity contribution in [2.45, 2.75) is 73.1 Å². The van der Waals surface area contributed by atoms with E-state index in [-0.39, 0.29) is 35.6 Å². The van der Waals surface area contributed by atoms with Gasteiger partial charge in [-0.3, -0.25) is 6.08 Å². The van der Waals surface area contributed by atoms with E-state index in [0.29, 0.717) is 5.92 Å². The molecular weight excluding hydrogens is 691 g/mol. The van der Waals surface area contributed by atoms with Gasteiger partial charge in [0.2, 0.25) is 0 Å². The van der Waals surface area contributed by atoms with Gasteiger partial charge in [-0.2, -0.15) is 6.08 Å². The van der Waals surface area contributed by atoms with Gasteiger partial charge < -0.3 is 24.8 Å². The fourth-order valence-corrected chi connectivity index (χ4v) is 8.21. The summed E-state index contributed by atoms with van der Waals surface area (Å²) in [7, 11) is 0. The number of halogens is 2. The number of hydrogen-bond acceptors (Lipinski definition) is 0. The molecule has 0 spiro atoms. The Morgan fingerprint density at radius 2 is 1.19 bits per heavy atom. The minimum absolute atomic E-state index is 0. The maximum atomic E-state index is 3.29. The summed E-state index contributed by atoms with van der Waals surface area (Å²) in [6.45, 7) is 20.2. The van der Waals surface area contributed by atoms with Crippen molar-refractivity contribution in [1.29, 1.82) is 0 Å². The van der Waals surface area contributed by atoms with E-state index < -0.39 is 0 Å². The van der Waals surface area contributed by atoms with Crippen molar-refractivity contribution >= 4 is 47.2 Å². The fraction of sp³-hybridized carbons (Fsp3) is 0.273.